The van der Waals surface area contributed by atoms with Crippen molar-refractivity contribution in [3.05, 3.63) is 23.9 Å². The molecule has 7 nitrogen and oxygen atoms in total. The highest BCUT2D eigenvalue weighted by molar-refractivity contribution is 5.94. The first-order valence-corrected chi connectivity index (χ1v) is 9.00. The first-order chi connectivity index (χ1) is 12.1. The molecule has 136 valence electrons. The number of amides is 2. The number of carbonyl (C=O) groups excluding carboxylic acids is 2. The number of hydrogen-bond acceptors (Lipinski definition) is 5. The molecule has 0 radical (unpaired) electrons. The number of aromatic nitrogens is 1. The van der Waals surface area contributed by atoms with Gasteiger partial charge in [0, 0.05) is 51.4 Å². The molecule has 2 saturated heterocycles. The highest BCUT2D eigenvalue weighted by Crippen LogP contribution is 2.15. The number of piperidine rings is 1. The van der Waals surface area contributed by atoms with Crippen LogP contribution in [0.2, 0.25) is 0 Å². The lowest BCUT2D eigenvalue weighted by molar-refractivity contribution is -0.135. The number of nitrogens with zero attached hydrogens (tertiary/aromatic N) is 3. The number of anilines is 1. The first kappa shape index (κ1) is 17.7. The molecule has 0 aromatic carbocycles. The van der Waals surface area contributed by atoms with Gasteiger partial charge in [0.15, 0.2) is 0 Å². The fraction of sp³-hybridized carbons (Fsp3) is 0.611. The van der Waals surface area contributed by atoms with E-state index in [9.17, 15) is 9.59 Å². The third-order valence-electron chi connectivity index (χ3n) is 4.75. The van der Waals surface area contributed by atoms with Crippen molar-refractivity contribution < 1.29 is 14.3 Å². The molecular formula is C18H26N4O3. The maximum Gasteiger partial charge on any atom is 0.254 e. The number of morpholine rings is 1. The van der Waals surface area contributed by atoms with Crippen LogP contribution < -0.4 is 5.32 Å². The summed E-state index contributed by atoms with van der Waals surface area (Å²) in [5.74, 6) is 0.800. The predicted molar refractivity (Wildman–Crippen MR) is 94.5 cm³/mol. The summed E-state index contributed by atoms with van der Waals surface area (Å²) < 4.78 is 5.69. The van der Waals surface area contributed by atoms with E-state index in [1.165, 1.54) is 6.42 Å². The number of ether oxygens (including phenoxy) is 1. The first-order valence-electron chi connectivity index (χ1n) is 9.00. The molecule has 0 bridgehead atoms. The third kappa shape index (κ3) is 4.69. The number of rotatable bonds is 4. The van der Waals surface area contributed by atoms with Gasteiger partial charge in [-0.3, -0.25) is 9.59 Å². The van der Waals surface area contributed by atoms with Crippen LogP contribution in [0.3, 0.4) is 0 Å². The maximum atomic E-state index is 12.6. The van der Waals surface area contributed by atoms with Gasteiger partial charge in [-0.25, -0.2) is 4.98 Å². The van der Waals surface area contributed by atoms with Crippen molar-refractivity contribution in [2.75, 3.05) is 44.6 Å². The highest BCUT2D eigenvalue weighted by Gasteiger charge is 2.22. The fourth-order valence-corrected chi connectivity index (χ4v) is 3.29. The molecule has 3 rings (SSSR count). The van der Waals surface area contributed by atoms with Crippen molar-refractivity contribution in [1.82, 2.24) is 14.8 Å². The van der Waals surface area contributed by atoms with Crippen molar-refractivity contribution in [2.24, 2.45) is 0 Å². The predicted octanol–water partition coefficient (Wildman–Crippen LogP) is 1.37. The number of nitrogens with one attached hydrogen (secondary N) is 1. The topological polar surface area (TPSA) is 74.8 Å². The van der Waals surface area contributed by atoms with Crippen LogP contribution in [0, 0.1) is 0 Å². The molecule has 25 heavy (non-hydrogen) atoms. The van der Waals surface area contributed by atoms with E-state index < -0.39 is 0 Å². The Labute approximate surface area is 148 Å². The molecule has 7 heteroatoms. The zero-order chi connectivity index (χ0) is 17.6. The molecule has 0 spiro atoms. The molecule has 1 atom stereocenters. The zero-order valence-corrected chi connectivity index (χ0v) is 14.7. The Hall–Kier alpha value is -2.15. The zero-order valence-electron chi connectivity index (χ0n) is 14.7. The van der Waals surface area contributed by atoms with Gasteiger partial charge in [-0.05, 0) is 31.4 Å². The Morgan fingerprint density at radius 2 is 2.04 bits per heavy atom. The van der Waals surface area contributed by atoms with E-state index in [0.717, 1.165) is 25.9 Å². The van der Waals surface area contributed by atoms with Crippen LogP contribution in [0.1, 0.15) is 36.5 Å². The molecule has 2 aliphatic rings. The van der Waals surface area contributed by atoms with Crippen molar-refractivity contribution in [3.8, 4) is 0 Å². The molecule has 2 amide bonds. The molecule has 3 heterocycles. The van der Waals surface area contributed by atoms with Gasteiger partial charge in [0.05, 0.1) is 12.7 Å². The summed E-state index contributed by atoms with van der Waals surface area (Å²) in [4.78, 5) is 32.1. The fourth-order valence-electron chi connectivity index (χ4n) is 3.29. The van der Waals surface area contributed by atoms with Crippen molar-refractivity contribution in [2.45, 2.75) is 32.3 Å². The highest BCUT2D eigenvalue weighted by atomic mass is 16.5. The summed E-state index contributed by atoms with van der Waals surface area (Å²) in [7, 11) is 0. The number of pyridine rings is 1. The normalized spacial score (nSPS) is 21.1. The Bertz CT molecular complexity index is 616. The molecule has 1 aromatic heterocycles. The number of carbonyl (C=O) groups is 2. The van der Waals surface area contributed by atoms with E-state index in [1.54, 1.807) is 30.2 Å². The Kier molecular flexibility index (Phi) is 5.86. The molecule has 1 unspecified atom stereocenters. The van der Waals surface area contributed by atoms with Gasteiger partial charge in [-0.15, -0.1) is 0 Å². The van der Waals surface area contributed by atoms with E-state index in [4.69, 9.17) is 4.74 Å². The lowest BCUT2D eigenvalue weighted by atomic mass is 10.1. The third-order valence-corrected chi connectivity index (χ3v) is 4.75. The van der Waals surface area contributed by atoms with E-state index in [1.807, 2.05) is 4.90 Å². The average Bonchev–Trinajstić information content (AvgIpc) is 2.67. The second kappa shape index (κ2) is 8.29. The van der Waals surface area contributed by atoms with Crippen molar-refractivity contribution >= 4 is 17.6 Å². The quantitative estimate of drug-likeness (QED) is 0.891. The van der Waals surface area contributed by atoms with E-state index >= 15 is 0 Å². The molecule has 2 aliphatic heterocycles. The van der Waals surface area contributed by atoms with Crippen molar-refractivity contribution in [3.63, 3.8) is 0 Å². The van der Waals surface area contributed by atoms with Crippen LogP contribution in [0.5, 0.6) is 0 Å². The Balaban J connectivity index is 1.56. The van der Waals surface area contributed by atoms with Gasteiger partial charge in [0.25, 0.3) is 5.91 Å². The molecule has 0 aliphatic carbocycles. The number of hydrogen-bond donors (Lipinski definition) is 1. The van der Waals surface area contributed by atoms with Crippen LogP contribution in [0.15, 0.2) is 18.3 Å². The minimum atomic E-state index is -0.0686. The van der Waals surface area contributed by atoms with Crippen LogP contribution in [-0.4, -0.2) is 72.0 Å². The summed E-state index contributed by atoms with van der Waals surface area (Å²) in [6.07, 6.45) is 4.94. The van der Waals surface area contributed by atoms with Gasteiger partial charge in [0.1, 0.15) is 5.82 Å². The molecule has 1 aromatic rings. The van der Waals surface area contributed by atoms with Crippen LogP contribution in [-0.2, 0) is 9.53 Å². The largest absolute Gasteiger partial charge is 0.373 e. The SMILES string of the molecule is CC(=O)N1CCOC(CNc2cc(C(=O)N3CCCCC3)ccn2)C1. The summed E-state index contributed by atoms with van der Waals surface area (Å²) in [5, 5.41) is 3.23. The smallest absolute Gasteiger partial charge is 0.254 e. The molecular weight excluding hydrogens is 320 g/mol. The molecule has 0 saturated carbocycles. The van der Waals surface area contributed by atoms with E-state index in [-0.39, 0.29) is 17.9 Å². The van der Waals surface area contributed by atoms with Gasteiger partial charge in [-0.1, -0.05) is 0 Å². The lowest BCUT2D eigenvalue weighted by Gasteiger charge is -2.32. The summed E-state index contributed by atoms with van der Waals surface area (Å²) >= 11 is 0. The monoisotopic (exact) mass is 346 g/mol. The van der Waals surface area contributed by atoms with E-state index in [2.05, 4.69) is 10.3 Å². The second-order valence-corrected chi connectivity index (χ2v) is 6.62. The van der Waals surface area contributed by atoms with Gasteiger partial charge in [0.2, 0.25) is 5.91 Å². The minimum Gasteiger partial charge on any atom is -0.373 e. The van der Waals surface area contributed by atoms with Crippen LogP contribution in [0.4, 0.5) is 5.82 Å². The average molecular weight is 346 g/mol. The second-order valence-electron chi connectivity index (χ2n) is 6.62. The minimum absolute atomic E-state index is 0.0686. The Morgan fingerprint density at radius 1 is 1.24 bits per heavy atom. The van der Waals surface area contributed by atoms with Gasteiger partial charge < -0.3 is 19.9 Å². The summed E-state index contributed by atoms with van der Waals surface area (Å²) in [6.45, 7) is 5.57. The molecule has 2 fully saturated rings. The summed E-state index contributed by atoms with van der Waals surface area (Å²) in [6, 6.07) is 3.55. The number of likely N-dealkylation sites (tertiary alicyclic amines) is 1. The van der Waals surface area contributed by atoms with Crippen molar-refractivity contribution in [1.29, 1.82) is 0 Å². The van der Waals surface area contributed by atoms with Gasteiger partial charge in [-0.2, -0.15) is 0 Å². The van der Waals surface area contributed by atoms with Crippen LogP contribution in [0.25, 0.3) is 0 Å². The molecule has 1 N–H and O–H groups in total. The summed E-state index contributed by atoms with van der Waals surface area (Å²) in [5.41, 5.74) is 0.661. The Morgan fingerprint density at radius 3 is 2.80 bits per heavy atom. The maximum absolute atomic E-state index is 12.6. The van der Waals surface area contributed by atoms with E-state index in [0.29, 0.717) is 37.6 Å². The lowest BCUT2D eigenvalue weighted by Crippen LogP contribution is -2.47. The van der Waals surface area contributed by atoms with Gasteiger partial charge >= 0.3 is 0 Å². The van der Waals surface area contributed by atoms with Crippen LogP contribution >= 0.6 is 0 Å². The standard InChI is InChI=1S/C18H26N4O3/c1-14(23)22-9-10-25-16(13-22)12-20-17-11-15(5-6-19-17)18(24)21-7-3-2-4-8-21/h5-6,11,16H,2-4,7-10,12-13H2,1H3,(H,19,20).